The molecule has 2 N–H and O–H groups in total. The number of aliphatic hydroxyl groups excluding tert-OH is 1. The van der Waals surface area contributed by atoms with Crippen LogP contribution in [0.4, 0.5) is 14.6 Å². The third kappa shape index (κ3) is 15.7. The van der Waals surface area contributed by atoms with E-state index in [-0.39, 0.29) is 29.8 Å². The van der Waals surface area contributed by atoms with Gasteiger partial charge < -0.3 is 19.6 Å². The molecule has 1 aliphatic heterocycles. The van der Waals surface area contributed by atoms with E-state index in [1.54, 1.807) is 0 Å². The van der Waals surface area contributed by atoms with Crippen molar-refractivity contribution >= 4 is 20.0 Å². The molecule has 0 aromatic carbocycles. The fourth-order valence-corrected chi connectivity index (χ4v) is 6.55. The number of nitrogens with one attached hydrogen (secondary N) is 1. The van der Waals surface area contributed by atoms with Gasteiger partial charge >= 0.3 is 11.6 Å². The van der Waals surface area contributed by atoms with Crippen molar-refractivity contribution in [3.05, 3.63) is 81.0 Å². The van der Waals surface area contributed by atoms with Gasteiger partial charge in [-0.1, -0.05) is 79.0 Å². The van der Waals surface area contributed by atoms with Gasteiger partial charge in [0, 0.05) is 12.6 Å². The monoisotopic (exact) mass is 759 g/mol. The van der Waals surface area contributed by atoms with Gasteiger partial charge in [0.25, 0.3) is 0 Å². The summed E-state index contributed by atoms with van der Waals surface area (Å²) in [7, 11) is -2.29. The minimum absolute atomic E-state index is 0.0407. The molecule has 2 heterocycles. The second kappa shape index (κ2) is 21.2. The number of allylic oxidation sites excluding steroid dienone is 10. The number of carbonyl (C=O) groups excluding carboxylic acids is 1. The number of alkyl halides is 2. The molecule has 8 nitrogen and oxygen atoms in total. The molecule has 1 amide bonds. The number of halogens is 2. The van der Waals surface area contributed by atoms with Crippen LogP contribution in [0.2, 0.25) is 18.1 Å². The van der Waals surface area contributed by atoms with Crippen molar-refractivity contribution in [2.24, 2.45) is 0 Å². The van der Waals surface area contributed by atoms with Crippen LogP contribution in [0.15, 0.2) is 75.3 Å². The molecule has 0 spiro atoms. The topological polar surface area (TPSA) is 103 Å². The Morgan fingerprint density at radius 1 is 0.887 bits per heavy atom. The van der Waals surface area contributed by atoms with Gasteiger partial charge in [0.15, 0.2) is 14.4 Å². The molecule has 53 heavy (non-hydrogen) atoms. The lowest BCUT2D eigenvalue weighted by atomic mass is 10.0. The number of carbonyl (C=O) groups is 1. The molecular formula is C42H67F2N3O5Si. The maximum atomic E-state index is 15.1. The summed E-state index contributed by atoms with van der Waals surface area (Å²) in [6, 6.07) is 1.27. The normalized spacial score (nSPS) is 20.2. The van der Waals surface area contributed by atoms with Crippen LogP contribution in [-0.4, -0.2) is 53.6 Å². The Kier molecular flexibility index (Phi) is 18.5. The van der Waals surface area contributed by atoms with Crippen molar-refractivity contribution < 1.29 is 27.8 Å². The number of nitrogens with zero attached hydrogens (tertiary/aromatic N) is 2. The van der Waals surface area contributed by atoms with Crippen LogP contribution in [0.3, 0.4) is 0 Å². The first-order valence-electron chi connectivity index (χ1n) is 19.1. The van der Waals surface area contributed by atoms with Crippen LogP contribution in [-0.2, 0) is 14.0 Å². The van der Waals surface area contributed by atoms with Crippen LogP contribution in [0.1, 0.15) is 133 Å². The van der Waals surface area contributed by atoms with Gasteiger partial charge in [0.05, 0.1) is 6.61 Å². The van der Waals surface area contributed by atoms with E-state index in [1.165, 1.54) is 28.4 Å². The molecule has 1 aliphatic rings. The van der Waals surface area contributed by atoms with Crippen LogP contribution < -0.4 is 11.0 Å². The molecule has 2 rings (SSSR count). The summed E-state index contributed by atoms with van der Waals surface area (Å²) in [5.41, 5.74) is 5.69. The summed E-state index contributed by atoms with van der Waals surface area (Å²) >= 11 is 0. The zero-order chi connectivity index (χ0) is 40.0. The molecule has 0 aliphatic carbocycles. The number of hydrogen-bond donors (Lipinski definition) is 2. The van der Waals surface area contributed by atoms with Crippen molar-refractivity contribution in [1.82, 2.24) is 9.55 Å². The van der Waals surface area contributed by atoms with Crippen molar-refractivity contribution in [3.8, 4) is 0 Å². The maximum absolute atomic E-state index is 15.1. The van der Waals surface area contributed by atoms with Crippen molar-refractivity contribution in [2.45, 2.75) is 169 Å². The van der Waals surface area contributed by atoms with Gasteiger partial charge in [-0.15, -0.1) is 0 Å². The second-order valence-electron chi connectivity index (χ2n) is 16.4. The van der Waals surface area contributed by atoms with Crippen LogP contribution in [0.25, 0.3) is 0 Å². The van der Waals surface area contributed by atoms with Gasteiger partial charge in [-0.3, -0.25) is 9.36 Å². The number of aliphatic hydroxyl groups is 1. The Labute approximate surface area is 318 Å². The zero-order valence-corrected chi connectivity index (χ0v) is 35.3. The minimum atomic E-state index is -3.76. The molecule has 1 saturated heterocycles. The lowest BCUT2D eigenvalue weighted by Crippen LogP contribution is -2.45. The predicted octanol–water partition coefficient (Wildman–Crippen LogP) is 10.7. The highest BCUT2D eigenvalue weighted by Crippen LogP contribution is 2.43. The molecular weight excluding hydrogens is 693 g/mol. The number of rotatable bonds is 20. The summed E-state index contributed by atoms with van der Waals surface area (Å²) < 4.78 is 42.3. The SMILES string of the molecule is CC(C)=CCC/C(C)=C/CC/C(C)=C/CC/C=C(\C)CC/C=C(\C)CCC(=O)Nc1ccn([C@@H]2O[C@H](CO[Si](C)(C)C(C)(C)C)[C@@H](O)C2(F)F)c(=O)n1. The fraction of sp³-hybridized carbons (Fsp3) is 0.643. The average molecular weight is 760 g/mol. The number of amides is 1. The van der Waals surface area contributed by atoms with E-state index in [9.17, 15) is 14.7 Å². The number of hydrogen-bond acceptors (Lipinski definition) is 6. The largest absolute Gasteiger partial charge is 0.414 e. The summed E-state index contributed by atoms with van der Waals surface area (Å²) in [6.07, 6.45) is 16.1. The van der Waals surface area contributed by atoms with E-state index in [2.05, 4.69) is 75.3 Å². The molecule has 1 aromatic heterocycles. The number of aromatic nitrogens is 2. The minimum Gasteiger partial charge on any atom is -0.414 e. The van der Waals surface area contributed by atoms with Crippen molar-refractivity contribution in [3.63, 3.8) is 0 Å². The zero-order valence-electron chi connectivity index (χ0n) is 34.3. The summed E-state index contributed by atoms with van der Waals surface area (Å²) in [6.45, 7) is 22.6. The van der Waals surface area contributed by atoms with Crippen LogP contribution in [0, 0.1) is 0 Å². The van der Waals surface area contributed by atoms with E-state index in [0.717, 1.165) is 63.1 Å². The molecule has 0 radical (unpaired) electrons. The first-order valence-corrected chi connectivity index (χ1v) is 22.0. The molecule has 0 bridgehead atoms. The average Bonchev–Trinajstić information content (AvgIpc) is 3.27. The Morgan fingerprint density at radius 2 is 1.38 bits per heavy atom. The lowest BCUT2D eigenvalue weighted by Gasteiger charge is -2.37. The first kappa shape index (κ1) is 46.2. The highest BCUT2D eigenvalue weighted by molar-refractivity contribution is 6.74. The van der Waals surface area contributed by atoms with Crippen molar-refractivity contribution in [1.29, 1.82) is 0 Å². The summed E-state index contributed by atoms with van der Waals surface area (Å²) in [5, 5.41) is 12.8. The summed E-state index contributed by atoms with van der Waals surface area (Å²) in [4.78, 5) is 29.2. The van der Waals surface area contributed by atoms with E-state index in [4.69, 9.17) is 9.16 Å². The maximum Gasteiger partial charge on any atom is 0.351 e. The van der Waals surface area contributed by atoms with Gasteiger partial charge in [-0.25, -0.2) is 4.79 Å². The van der Waals surface area contributed by atoms with E-state index >= 15 is 8.78 Å². The second-order valence-corrected chi connectivity index (χ2v) is 21.3. The predicted molar refractivity (Wildman–Crippen MR) is 216 cm³/mol. The Hall–Kier alpha value is -2.99. The van der Waals surface area contributed by atoms with Crippen molar-refractivity contribution in [2.75, 3.05) is 11.9 Å². The van der Waals surface area contributed by atoms with E-state index in [1.807, 2.05) is 40.8 Å². The molecule has 0 unspecified atom stereocenters. The van der Waals surface area contributed by atoms with Gasteiger partial charge in [0.2, 0.25) is 12.1 Å². The third-order valence-corrected chi connectivity index (χ3v) is 14.7. The quantitative estimate of drug-likeness (QED) is 0.0780. The Bertz CT molecular complexity index is 1560. The number of unbranched alkanes of at least 4 members (excludes halogenated alkanes) is 1. The number of anilines is 1. The smallest absolute Gasteiger partial charge is 0.351 e. The van der Waals surface area contributed by atoms with Crippen LogP contribution >= 0.6 is 0 Å². The van der Waals surface area contributed by atoms with Crippen LogP contribution in [0.5, 0.6) is 0 Å². The highest BCUT2D eigenvalue weighted by atomic mass is 28.4. The molecule has 3 atom stereocenters. The fourth-order valence-electron chi connectivity index (χ4n) is 5.54. The first-order chi connectivity index (χ1) is 24.6. The summed E-state index contributed by atoms with van der Waals surface area (Å²) in [5.74, 6) is -4.14. The third-order valence-electron chi connectivity index (χ3n) is 10.2. The standard InChI is InChI=1S/C42H67F2N3O5Si/c1-30(2)17-14-20-33(5)23-15-21-31(3)18-12-13-19-32(4)22-16-24-34(6)25-26-37(48)45-36-27-28-47(40(50)46-36)39-42(43,44)38(49)35(52-39)29-51-53(10,11)41(7,8)9/h17-19,23-24,27-28,35,38-39,49H,12-16,20-22,25-26,29H2,1-11H3,(H,45,46,48,50)/b31-18+,32-19+,33-23+,34-24+/t35-,38-,39-/m1/s1. The molecule has 1 fully saturated rings. The van der Waals surface area contributed by atoms with E-state index in [0.29, 0.717) is 11.0 Å². The van der Waals surface area contributed by atoms with Gasteiger partial charge in [0.1, 0.15) is 11.9 Å². The Morgan fingerprint density at radius 3 is 1.87 bits per heavy atom. The molecule has 1 aromatic rings. The molecule has 0 saturated carbocycles. The molecule has 11 heteroatoms. The van der Waals surface area contributed by atoms with Gasteiger partial charge in [-0.2, -0.15) is 13.8 Å². The van der Waals surface area contributed by atoms with Gasteiger partial charge in [-0.05, 0) is 124 Å². The Balaban J connectivity index is 1.78. The lowest BCUT2D eigenvalue weighted by molar-refractivity contribution is -0.140. The van der Waals surface area contributed by atoms with E-state index < -0.39 is 38.4 Å². The number of ether oxygens (including phenoxy) is 1. The molecule has 298 valence electrons. The highest BCUT2D eigenvalue weighted by Gasteiger charge is 2.60.